The van der Waals surface area contributed by atoms with Gasteiger partial charge in [0.25, 0.3) is 0 Å². The van der Waals surface area contributed by atoms with Crippen molar-refractivity contribution in [3.63, 3.8) is 0 Å². The number of piperidine rings is 1. The predicted molar refractivity (Wildman–Crippen MR) is 121 cm³/mol. The number of benzene rings is 2. The van der Waals surface area contributed by atoms with Crippen LogP contribution in [0.25, 0.3) is 0 Å². The van der Waals surface area contributed by atoms with Crippen LogP contribution in [-0.4, -0.2) is 41.7 Å². The van der Waals surface area contributed by atoms with Crippen molar-refractivity contribution in [3.8, 4) is 0 Å². The standard InChI is InChI=1S/C23H28N2O2.2ClH/c26-23(27)20-8-6-18(7-9-20)16-25-12-10-17(11-13-25)15-24-22-14-21(22)19-4-2-1-3-5-19;;/h1-9,17,21-22,24H,10-16H2,(H,26,27);2*1H. The minimum absolute atomic E-state index is 0. The number of likely N-dealkylation sites (tertiary alicyclic amines) is 1. The number of hydrogen-bond donors (Lipinski definition) is 2. The molecule has 1 saturated heterocycles. The molecule has 29 heavy (non-hydrogen) atoms. The van der Waals surface area contributed by atoms with Gasteiger partial charge in [0.1, 0.15) is 0 Å². The maximum absolute atomic E-state index is 10.9. The van der Waals surface area contributed by atoms with Crippen molar-refractivity contribution in [2.45, 2.75) is 37.8 Å². The highest BCUT2D eigenvalue weighted by Gasteiger charge is 2.38. The molecule has 6 heteroatoms. The van der Waals surface area contributed by atoms with E-state index in [2.05, 4.69) is 40.5 Å². The van der Waals surface area contributed by atoms with E-state index >= 15 is 0 Å². The van der Waals surface area contributed by atoms with Crippen LogP contribution < -0.4 is 5.32 Å². The maximum Gasteiger partial charge on any atom is 0.335 e. The first-order valence-corrected chi connectivity index (χ1v) is 10.0. The van der Waals surface area contributed by atoms with Crippen molar-refractivity contribution < 1.29 is 9.90 Å². The average Bonchev–Trinajstić information content (AvgIpc) is 3.48. The molecule has 0 spiro atoms. The van der Waals surface area contributed by atoms with Crippen molar-refractivity contribution in [1.29, 1.82) is 0 Å². The van der Waals surface area contributed by atoms with Crippen molar-refractivity contribution in [2.24, 2.45) is 5.92 Å². The van der Waals surface area contributed by atoms with Crippen molar-refractivity contribution in [1.82, 2.24) is 10.2 Å². The molecule has 0 amide bonds. The van der Waals surface area contributed by atoms with Crippen LogP contribution in [0.5, 0.6) is 0 Å². The van der Waals surface area contributed by atoms with E-state index in [1.807, 2.05) is 12.1 Å². The van der Waals surface area contributed by atoms with E-state index in [1.54, 1.807) is 12.1 Å². The highest BCUT2D eigenvalue weighted by atomic mass is 35.5. The van der Waals surface area contributed by atoms with Crippen LogP contribution in [-0.2, 0) is 6.54 Å². The number of hydrogen-bond acceptors (Lipinski definition) is 3. The Bertz CT molecular complexity index is 762. The van der Waals surface area contributed by atoms with Crippen molar-refractivity contribution in [2.75, 3.05) is 19.6 Å². The number of aromatic carboxylic acids is 1. The number of rotatable bonds is 7. The molecule has 1 heterocycles. The lowest BCUT2D eigenvalue weighted by atomic mass is 9.96. The summed E-state index contributed by atoms with van der Waals surface area (Å²) in [5, 5.41) is 12.8. The molecule has 1 aliphatic carbocycles. The number of halogens is 2. The molecule has 1 saturated carbocycles. The number of nitrogens with zero attached hydrogens (tertiary/aromatic N) is 1. The smallest absolute Gasteiger partial charge is 0.335 e. The Balaban J connectivity index is 0.00000150. The maximum atomic E-state index is 10.9. The van der Waals surface area contributed by atoms with E-state index in [0.29, 0.717) is 17.5 Å². The molecule has 2 aliphatic rings. The highest BCUT2D eigenvalue weighted by Crippen LogP contribution is 2.40. The van der Waals surface area contributed by atoms with Gasteiger partial charge in [-0.1, -0.05) is 42.5 Å². The molecule has 0 aromatic heterocycles. The van der Waals surface area contributed by atoms with E-state index in [9.17, 15) is 4.79 Å². The lowest BCUT2D eigenvalue weighted by Gasteiger charge is -2.32. The quantitative estimate of drug-likeness (QED) is 0.666. The second kappa shape index (κ2) is 11.0. The molecular weight excluding hydrogens is 407 g/mol. The van der Waals surface area contributed by atoms with Gasteiger partial charge in [-0.05, 0) is 68.1 Å². The molecular formula is C23H30Cl2N2O2. The van der Waals surface area contributed by atoms with Gasteiger partial charge in [0.2, 0.25) is 0 Å². The fraction of sp³-hybridized carbons (Fsp3) is 0.435. The summed E-state index contributed by atoms with van der Waals surface area (Å²) >= 11 is 0. The third-order valence-electron chi connectivity index (χ3n) is 6.00. The predicted octanol–water partition coefficient (Wildman–Crippen LogP) is 4.59. The Kier molecular flexibility index (Phi) is 8.97. The minimum atomic E-state index is -0.861. The largest absolute Gasteiger partial charge is 0.478 e. The summed E-state index contributed by atoms with van der Waals surface area (Å²) < 4.78 is 0. The first-order valence-electron chi connectivity index (χ1n) is 10.0. The number of carboxylic acids is 1. The summed E-state index contributed by atoms with van der Waals surface area (Å²) in [6.45, 7) is 4.30. The topological polar surface area (TPSA) is 52.6 Å². The van der Waals surface area contributed by atoms with Gasteiger partial charge in [-0.3, -0.25) is 4.90 Å². The molecule has 2 fully saturated rings. The van der Waals surface area contributed by atoms with Gasteiger partial charge in [-0.2, -0.15) is 0 Å². The number of nitrogens with one attached hydrogen (secondary N) is 1. The Labute approximate surface area is 185 Å². The van der Waals surface area contributed by atoms with Gasteiger partial charge in [0, 0.05) is 18.5 Å². The van der Waals surface area contributed by atoms with Crippen LogP contribution in [0.15, 0.2) is 54.6 Å². The Morgan fingerprint density at radius 3 is 2.28 bits per heavy atom. The summed E-state index contributed by atoms with van der Waals surface area (Å²) in [5.74, 6) is 0.618. The van der Waals surface area contributed by atoms with Gasteiger partial charge in [0.05, 0.1) is 5.56 Å². The van der Waals surface area contributed by atoms with E-state index in [0.717, 1.165) is 32.1 Å². The molecule has 2 aromatic rings. The zero-order chi connectivity index (χ0) is 18.6. The molecule has 0 bridgehead atoms. The van der Waals surface area contributed by atoms with Crippen LogP contribution in [0.1, 0.15) is 46.7 Å². The van der Waals surface area contributed by atoms with Crippen LogP contribution in [0.3, 0.4) is 0 Å². The summed E-state index contributed by atoms with van der Waals surface area (Å²) in [7, 11) is 0. The molecule has 2 aromatic carbocycles. The number of carbonyl (C=O) groups is 1. The zero-order valence-electron chi connectivity index (χ0n) is 16.5. The second-order valence-corrected chi connectivity index (χ2v) is 7.99. The first kappa shape index (κ1) is 23.7. The summed E-state index contributed by atoms with van der Waals surface area (Å²) in [5.41, 5.74) is 3.02. The molecule has 4 rings (SSSR count). The molecule has 1 aliphatic heterocycles. The molecule has 4 nitrogen and oxygen atoms in total. The monoisotopic (exact) mass is 436 g/mol. The van der Waals surface area contributed by atoms with Gasteiger partial charge in [-0.15, -0.1) is 24.8 Å². The SMILES string of the molecule is Cl.Cl.O=C(O)c1ccc(CN2CCC(CNC3CC3c3ccccc3)CC2)cc1. The van der Waals surface area contributed by atoms with E-state index in [4.69, 9.17) is 5.11 Å². The normalized spacial score (nSPS) is 21.7. The molecule has 2 unspecified atom stereocenters. The highest BCUT2D eigenvalue weighted by molar-refractivity contribution is 5.87. The van der Waals surface area contributed by atoms with Crippen LogP contribution in [0, 0.1) is 5.92 Å². The van der Waals surface area contributed by atoms with Crippen molar-refractivity contribution in [3.05, 3.63) is 71.3 Å². The van der Waals surface area contributed by atoms with Crippen LogP contribution in [0.4, 0.5) is 0 Å². The second-order valence-electron chi connectivity index (χ2n) is 7.99. The van der Waals surface area contributed by atoms with Gasteiger partial charge >= 0.3 is 5.97 Å². The third kappa shape index (κ3) is 6.45. The Morgan fingerprint density at radius 2 is 1.66 bits per heavy atom. The zero-order valence-corrected chi connectivity index (χ0v) is 18.1. The van der Waals surface area contributed by atoms with E-state index in [-0.39, 0.29) is 24.8 Å². The fourth-order valence-electron chi connectivity index (χ4n) is 4.17. The van der Waals surface area contributed by atoms with Gasteiger partial charge < -0.3 is 10.4 Å². The third-order valence-corrected chi connectivity index (χ3v) is 6.00. The summed E-state index contributed by atoms with van der Waals surface area (Å²) in [4.78, 5) is 13.4. The first-order chi connectivity index (χ1) is 13.2. The van der Waals surface area contributed by atoms with Crippen LogP contribution in [0.2, 0.25) is 0 Å². The van der Waals surface area contributed by atoms with E-state index in [1.165, 1.54) is 30.4 Å². The summed E-state index contributed by atoms with van der Waals surface area (Å²) in [6, 6.07) is 18.8. The minimum Gasteiger partial charge on any atom is -0.478 e. The Hall–Kier alpha value is -1.59. The fourth-order valence-corrected chi connectivity index (χ4v) is 4.17. The number of carboxylic acid groups (broad SMARTS) is 1. The molecule has 0 radical (unpaired) electrons. The molecule has 158 valence electrons. The van der Waals surface area contributed by atoms with Gasteiger partial charge in [0.15, 0.2) is 0 Å². The van der Waals surface area contributed by atoms with Gasteiger partial charge in [-0.25, -0.2) is 4.79 Å². The lowest BCUT2D eigenvalue weighted by Crippen LogP contribution is -2.37. The van der Waals surface area contributed by atoms with E-state index < -0.39 is 5.97 Å². The molecule has 2 N–H and O–H groups in total. The summed E-state index contributed by atoms with van der Waals surface area (Å²) in [6.07, 6.45) is 3.75. The molecule has 2 atom stereocenters. The Morgan fingerprint density at radius 1 is 1.00 bits per heavy atom. The van der Waals surface area contributed by atoms with Crippen LogP contribution >= 0.6 is 24.8 Å². The lowest BCUT2D eigenvalue weighted by molar-refractivity contribution is 0.0697. The van der Waals surface area contributed by atoms with Crippen molar-refractivity contribution >= 4 is 30.8 Å². The average molecular weight is 437 g/mol.